The van der Waals surface area contributed by atoms with E-state index in [1.54, 1.807) is 0 Å². The lowest BCUT2D eigenvalue weighted by Gasteiger charge is -2.34. The predicted molar refractivity (Wildman–Crippen MR) is 61.8 cm³/mol. The summed E-state index contributed by atoms with van der Waals surface area (Å²) < 4.78 is 46.4. The molecule has 2 aliphatic heterocycles. The number of anilines is 1. The highest BCUT2D eigenvalue weighted by molar-refractivity contribution is 6.30. The average Bonchev–Trinajstić information content (AvgIpc) is 3.03. The van der Waals surface area contributed by atoms with Crippen molar-refractivity contribution < 1.29 is 17.9 Å². The first kappa shape index (κ1) is 12.1. The Morgan fingerprint density at radius 2 is 1.94 bits per heavy atom. The Labute approximate surface area is 107 Å². The van der Waals surface area contributed by atoms with Gasteiger partial charge in [-0.1, -0.05) is 11.6 Å². The van der Waals surface area contributed by atoms with Gasteiger partial charge in [-0.15, -0.1) is 0 Å². The van der Waals surface area contributed by atoms with Crippen molar-refractivity contribution in [3.63, 3.8) is 0 Å². The highest BCUT2D eigenvalue weighted by Gasteiger charge is 2.55. The van der Waals surface area contributed by atoms with Crippen LogP contribution in [0.15, 0.2) is 12.1 Å². The number of hydrogen-bond donors (Lipinski definition) is 0. The molecule has 0 unspecified atom stereocenters. The minimum Gasteiger partial charge on any atom is -0.366 e. The largest absolute Gasteiger partial charge is 0.366 e. The first-order valence-corrected chi connectivity index (χ1v) is 6.07. The fourth-order valence-corrected chi connectivity index (χ4v) is 2.58. The lowest BCUT2D eigenvalue weighted by molar-refractivity contribution is 0.137. The number of ether oxygens (including phenoxy) is 1. The van der Waals surface area contributed by atoms with Crippen LogP contribution < -0.4 is 4.90 Å². The highest BCUT2D eigenvalue weighted by atomic mass is 35.5. The van der Waals surface area contributed by atoms with Gasteiger partial charge in [-0.3, -0.25) is 0 Å². The van der Waals surface area contributed by atoms with Crippen molar-refractivity contribution in [2.45, 2.75) is 18.2 Å². The Bertz CT molecular complexity index is 469. The van der Waals surface area contributed by atoms with Crippen LogP contribution in [0.2, 0.25) is 5.02 Å². The standard InChI is InChI=1S/C12H11ClF3NO/c13-7-3-8(14)11(9(15)4-7)17-2-1-12(6-18-12)10(16)5-17/h3-4,10H,1-2,5-6H2/t10-,12-/m1/s1. The topological polar surface area (TPSA) is 15.8 Å². The van der Waals surface area contributed by atoms with Crippen molar-refractivity contribution in [3.05, 3.63) is 28.8 Å². The molecule has 98 valence electrons. The van der Waals surface area contributed by atoms with Crippen molar-refractivity contribution in [1.29, 1.82) is 0 Å². The molecule has 2 nitrogen and oxygen atoms in total. The van der Waals surface area contributed by atoms with E-state index in [1.165, 1.54) is 4.90 Å². The van der Waals surface area contributed by atoms with Gasteiger partial charge in [-0.2, -0.15) is 0 Å². The molecule has 2 saturated heterocycles. The lowest BCUT2D eigenvalue weighted by Crippen LogP contribution is -2.47. The second kappa shape index (κ2) is 4.03. The Balaban J connectivity index is 1.87. The Morgan fingerprint density at radius 3 is 2.44 bits per heavy atom. The molecule has 3 rings (SSSR count). The second-order valence-corrected chi connectivity index (χ2v) is 5.17. The van der Waals surface area contributed by atoms with Crippen molar-refractivity contribution in [2.75, 3.05) is 24.6 Å². The zero-order chi connectivity index (χ0) is 12.9. The molecule has 2 atom stereocenters. The van der Waals surface area contributed by atoms with Gasteiger partial charge in [0.1, 0.15) is 17.5 Å². The summed E-state index contributed by atoms with van der Waals surface area (Å²) in [4.78, 5) is 1.37. The van der Waals surface area contributed by atoms with E-state index in [2.05, 4.69) is 0 Å². The highest BCUT2D eigenvalue weighted by Crippen LogP contribution is 2.41. The van der Waals surface area contributed by atoms with Gasteiger partial charge in [0.25, 0.3) is 0 Å². The van der Waals surface area contributed by atoms with E-state index in [1.807, 2.05) is 0 Å². The Kier molecular flexibility index (Phi) is 2.71. The third kappa shape index (κ3) is 1.86. The van der Waals surface area contributed by atoms with E-state index < -0.39 is 23.4 Å². The molecule has 0 aromatic heterocycles. The van der Waals surface area contributed by atoms with Crippen LogP contribution in [0.25, 0.3) is 0 Å². The molecule has 1 aromatic rings. The number of alkyl halides is 1. The van der Waals surface area contributed by atoms with Crippen LogP contribution in [0.5, 0.6) is 0 Å². The number of hydrogen-bond acceptors (Lipinski definition) is 2. The van der Waals surface area contributed by atoms with Crippen LogP contribution in [-0.2, 0) is 4.74 Å². The van der Waals surface area contributed by atoms with E-state index in [-0.39, 0.29) is 17.3 Å². The third-order valence-electron chi connectivity index (χ3n) is 3.57. The molecule has 0 amide bonds. The molecule has 1 aromatic carbocycles. The van der Waals surface area contributed by atoms with Crippen LogP contribution >= 0.6 is 11.6 Å². The maximum Gasteiger partial charge on any atom is 0.151 e. The van der Waals surface area contributed by atoms with Gasteiger partial charge in [-0.25, -0.2) is 13.2 Å². The number of benzene rings is 1. The maximum absolute atomic E-state index is 13.9. The first-order valence-electron chi connectivity index (χ1n) is 5.69. The van der Waals surface area contributed by atoms with E-state index in [9.17, 15) is 13.2 Å². The van der Waals surface area contributed by atoms with E-state index in [4.69, 9.17) is 16.3 Å². The molecule has 2 aliphatic rings. The number of nitrogens with zero attached hydrogens (tertiary/aromatic N) is 1. The molecule has 1 spiro atoms. The van der Waals surface area contributed by atoms with Crippen LogP contribution in [0.3, 0.4) is 0 Å². The molecule has 0 saturated carbocycles. The zero-order valence-corrected chi connectivity index (χ0v) is 10.2. The van der Waals surface area contributed by atoms with E-state index in [0.717, 1.165) is 12.1 Å². The summed E-state index contributed by atoms with van der Waals surface area (Å²) in [6, 6.07) is 2.07. The molecule has 0 bridgehead atoms. The number of epoxide rings is 1. The molecule has 0 aliphatic carbocycles. The van der Waals surface area contributed by atoms with Crippen LogP contribution in [0.1, 0.15) is 6.42 Å². The Morgan fingerprint density at radius 1 is 1.33 bits per heavy atom. The van der Waals surface area contributed by atoms with Crippen molar-refractivity contribution in [2.24, 2.45) is 0 Å². The van der Waals surface area contributed by atoms with Gasteiger partial charge in [0.15, 0.2) is 11.6 Å². The fraction of sp³-hybridized carbons (Fsp3) is 0.500. The average molecular weight is 278 g/mol. The zero-order valence-electron chi connectivity index (χ0n) is 9.43. The number of halogens is 4. The fourth-order valence-electron chi connectivity index (χ4n) is 2.39. The van der Waals surface area contributed by atoms with E-state index >= 15 is 0 Å². The molecular formula is C12H11ClF3NO. The van der Waals surface area contributed by atoms with Crippen LogP contribution in [-0.4, -0.2) is 31.5 Å². The minimum atomic E-state index is -1.22. The molecule has 0 radical (unpaired) electrons. The van der Waals surface area contributed by atoms with Gasteiger partial charge in [0.05, 0.1) is 13.2 Å². The summed E-state index contributed by atoms with van der Waals surface area (Å²) in [5, 5.41) is -0.00967. The minimum absolute atomic E-state index is 0.00967. The molecule has 2 fully saturated rings. The van der Waals surface area contributed by atoms with Gasteiger partial charge in [0.2, 0.25) is 0 Å². The summed E-state index contributed by atoms with van der Waals surface area (Å²) in [7, 11) is 0. The molecule has 0 N–H and O–H groups in total. The monoisotopic (exact) mass is 277 g/mol. The molecule has 18 heavy (non-hydrogen) atoms. The van der Waals surface area contributed by atoms with Crippen LogP contribution in [0.4, 0.5) is 18.9 Å². The second-order valence-electron chi connectivity index (χ2n) is 4.74. The quantitative estimate of drug-likeness (QED) is 0.734. The SMILES string of the molecule is Fc1cc(Cl)cc(F)c1N1CC[C@@]2(CO2)[C@H](F)C1. The smallest absolute Gasteiger partial charge is 0.151 e. The van der Waals surface area contributed by atoms with E-state index in [0.29, 0.717) is 19.6 Å². The summed E-state index contributed by atoms with van der Waals surface area (Å²) in [5.74, 6) is -1.53. The summed E-state index contributed by atoms with van der Waals surface area (Å²) >= 11 is 5.55. The van der Waals surface area contributed by atoms with Gasteiger partial charge in [-0.05, 0) is 18.6 Å². The van der Waals surface area contributed by atoms with Crippen LogP contribution in [0, 0.1) is 11.6 Å². The molecule has 6 heteroatoms. The molecular weight excluding hydrogens is 267 g/mol. The van der Waals surface area contributed by atoms with Crippen molar-refractivity contribution >= 4 is 17.3 Å². The van der Waals surface area contributed by atoms with Gasteiger partial charge >= 0.3 is 0 Å². The van der Waals surface area contributed by atoms with Gasteiger partial charge in [0, 0.05) is 11.6 Å². The summed E-state index contributed by atoms with van der Waals surface area (Å²) in [6.45, 7) is 0.707. The number of rotatable bonds is 1. The third-order valence-corrected chi connectivity index (χ3v) is 3.79. The summed E-state index contributed by atoms with van der Waals surface area (Å²) in [5.41, 5.74) is -0.909. The predicted octanol–water partition coefficient (Wildman–Crippen LogP) is 2.94. The van der Waals surface area contributed by atoms with Gasteiger partial charge < -0.3 is 9.64 Å². The van der Waals surface area contributed by atoms with Crippen molar-refractivity contribution in [3.8, 4) is 0 Å². The maximum atomic E-state index is 13.9. The summed E-state index contributed by atoms with van der Waals surface area (Å²) in [6.07, 6.45) is -0.781. The first-order chi connectivity index (χ1) is 8.52. The molecule has 2 heterocycles. The normalized spacial score (nSPS) is 30.9. The lowest BCUT2D eigenvalue weighted by atomic mass is 9.95. The number of piperidine rings is 1. The van der Waals surface area contributed by atoms with Crippen molar-refractivity contribution in [1.82, 2.24) is 0 Å². The Hall–Kier alpha value is -0.940.